The summed E-state index contributed by atoms with van der Waals surface area (Å²) in [6.45, 7) is 9.26. The molecule has 0 aromatic heterocycles. The van der Waals surface area contributed by atoms with Gasteiger partial charge in [-0.15, -0.1) is 6.58 Å². The third-order valence-corrected chi connectivity index (χ3v) is 2.42. The number of rotatable bonds is 6. The van der Waals surface area contributed by atoms with Crippen molar-refractivity contribution in [2.75, 3.05) is 0 Å². The lowest BCUT2D eigenvalue weighted by atomic mass is 10.0. The fourth-order valence-corrected chi connectivity index (χ4v) is 1.62. The average Bonchev–Trinajstić information content (AvgIpc) is 2.25. The van der Waals surface area contributed by atoms with Gasteiger partial charge in [-0.1, -0.05) is 50.3 Å². The average molecular weight is 203 g/mol. The number of hydrogen-bond acceptors (Lipinski definition) is 1. The summed E-state index contributed by atoms with van der Waals surface area (Å²) >= 11 is 0. The van der Waals surface area contributed by atoms with E-state index in [1.54, 1.807) is 0 Å². The van der Waals surface area contributed by atoms with E-state index in [1.807, 2.05) is 12.1 Å². The zero-order valence-electron chi connectivity index (χ0n) is 9.74. The second kappa shape index (κ2) is 6.41. The molecule has 0 heterocycles. The first-order valence-corrected chi connectivity index (χ1v) is 5.62. The van der Waals surface area contributed by atoms with Crippen LogP contribution in [0.3, 0.4) is 0 Å². The summed E-state index contributed by atoms with van der Waals surface area (Å²) in [7, 11) is 0. The molecule has 0 radical (unpaired) electrons. The van der Waals surface area contributed by atoms with Gasteiger partial charge in [-0.2, -0.15) is 0 Å². The Labute approximate surface area is 93.2 Å². The summed E-state index contributed by atoms with van der Waals surface area (Å²) in [6.07, 6.45) is 3.15. The van der Waals surface area contributed by atoms with Gasteiger partial charge in [0.05, 0.1) is 0 Å². The molecule has 0 saturated heterocycles. The maximum absolute atomic E-state index is 3.86. The van der Waals surface area contributed by atoms with Crippen LogP contribution >= 0.6 is 0 Å². The van der Waals surface area contributed by atoms with Crippen LogP contribution in [0.15, 0.2) is 43.0 Å². The third kappa shape index (κ3) is 4.80. The lowest BCUT2D eigenvalue weighted by molar-refractivity contribution is 0.472. The van der Waals surface area contributed by atoms with Crippen LogP contribution in [0.25, 0.3) is 0 Å². The van der Waals surface area contributed by atoms with Gasteiger partial charge in [0.15, 0.2) is 0 Å². The van der Waals surface area contributed by atoms with Crippen molar-refractivity contribution in [1.29, 1.82) is 0 Å². The predicted octanol–water partition coefficient (Wildman–Crippen LogP) is 3.38. The van der Waals surface area contributed by atoms with Crippen molar-refractivity contribution in [1.82, 2.24) is 5.32 Å². The molecule has 0 fully saturated rings. The van der Waals surface area contributed by atoms with E-state index < -0.39 is 0 Å². The maximum atomic E-state index is 3.86. The Morgan fingerprint density at radius 2 is 1.93 bits per heavy atom. The maximum Gasteiger partial charge on any atom is 0.0253 e. The lowest BCUT2D eigenvalue weighted by Gasteiger charge is -2.16. The van der Waals surface area contributed by atoms with E-state index in [9.17, 15) is 0 Å². The minimum absolute atomic E-state index is 0.421. The first-order valence-electron chi connectivity index (χ1n) is 5.62. The molecule has 0 aliphatic carbocycles. The molecule has 0 unspecified atom stereocenters. The zero-order valence-corrected chi connectivity index (χ0v) is 9.74. The fourth-order valence-electron chi connectivity index (χ4n) is 1.62. The van der Waals surface area contributed by atoms with E-state index >= 15 is 0 Å². The molecule has 1 rings (SSSR count). The smallest absolute Gasteiger partial charge is 0.0253 e. The predicted molar refractivity (Wildman–Crippen MR) is 66.7 cm³/mol. The molecule has 1 N–H and O–H groups in total. The molecule has 0 bridgehead atoms. The highest BCUT2D eigenvalue weighted by Gasteiger charge is 2.05. The minimum Gasteiger partial charge on any atom is -0.306 e. The van der Waals surface area contributed by atoms with Crippen LogP contribution in [-0.2, 0) is 6.54 Å². The van der Waals surface area contributed by atoms with Gasteiger partial charge in [0.25, 0.3) is 0 Å². The summed E-state index contributed by atoms with van der Waals surface area (Å²) in [6, 6.07) is 10.9. The van der Waals surface area contributed by atoms with E-state index in [0.717, 1.165) is 13.0 Å². The van der Waals surface area contributed by atoms with Gasteiger partial charge >= 0.3 is 0 Å². The topological polar surface area (TPSA) is 12.0 Å². The van der Waals surface area contributed by atoms with Gasteiger partial charge in [0, 0.05) is 12.6 Å². The molecule has 0 saturated carbocycles. The Balaban J connectivity index is 2.38. The molecule has 1 aromatic rings. The van der Waals surface area contributed by atoms with Crippen molar-refractivity contribution in [2.45, 2.75) is 32.9 Å². The quantitative estimate of drug-likeness (QED) is 0.699. The van der Waals surface area contributed by atoms with E-state index in [2.05, 4.69) is 50.0 Å². The molecule has 82 valence electrons. The Hall–Kier alpha value is -1.08. The highest BCUT2D eigenvalue weighted by Crippen LogP contribution is 2.06. The van der Waals surface area contributed by atoms with E-state index in [1.165, 1.54) is 5.56 Å². The first kappa shape index (κ1) is 12.0. The van der Waals surface area contributed by atoms with Crippen LogP contribution < -0.4 is 5.32 Å². The Morgan fingerprint density at radius 1 is 1.27 bits per heavy atom. The van der Waals surface area contributed by atoms with Gasteiger partial charge < -0.3 is 5.32 Å². The van der Waals surface area contributed by atoms with Crippen molar-refractivity contribution < 1.29 is 0 Å². The highest BCUT2D eigenvalue weighted by atomic mass is 14.9. The van der Waals surface area contributed by atoms with Crippen LogP contribution in [0.5, 0.6) is 0 Å². The molecule has 15 heavy (non-hydrogen) atoms. The van der Waals surface area contributed by atoms with E-state index in [0.29, 0.717) is 12.0 Å². The molecule has 0 amide bonds. The highest BCUT2D eigenvalue weighted by molar-refractivity contribution is 5.14. The van der Waals surface area contributed by atoms with Crippen LogP contribution in [0, 0.1) is 5.92 Å². The van der Waals surface area contributed by atoms with Gasteiger partial charge in [0.1, 0.15) is 0 Å². The van der Waals surface area contributed by atoms with Crippen LogP contribution in [0.1, 0.15) is 25.8 Å². The van der Waals surface area contributed by atoms with Crippen molar-refractivity contribution in [3.63, 3.8) is 0 Å². The molecule has 0 spiro atoms. The van der Waals surface area contributed by atoms with Crippen LogP contribution in [-0.4, -0.2) is 6.04 Å². The summed E-state index contributed by atoms with van der Waals surface area (Å²) < 4.78 is 0. The van der Waals surface area contributed by atoms with Gasteiger partial charge in [-0.25, -0.2) is 0 Å². The Morgan fingerprint density at radius 3 is 2.47 bits per heavy atom. The molecular weight excluding hydrogens is 182 g/mol. The third-order valence-electron chi connectivity index (χ3n) is 2.42. The SMILES string of the molecule is C=C[C@H](CC(C)C)NCc1ccccc1. The normalized spacial score (nSPS) is 12.7. The fraction of sp³-hybridized carbons (Fsp3) is 0.429. The number of benzene rings is 1. The molecule has 1 nitrogen and oxygen atoms in total. The molecular formula is C14H21N. The summed E-state index contributed by atoms with van der Waals surface area (Å²) in [5.41, 5.74) is 1.33. The minimum atomic E-state index is 0.421. The van der Waals surface area contributed by atoms with Crippen LogP contribution in [0.4, 0.5) is 0 Å². The van der Waals surface area contributed by atoms with E-state index in [-0.39, 0.29) is 0 Å². The second-order valence-corrected chi connectivity index (χ2v) is 4.34. The van der Waals surface area contributed by atoms with Gasteiger partial charge in [-0.3, -0.25) is 0 Å². The Kier molecular flexibility index (Phi) is 5.13. The summed E-state index contributed by atoms with van der Waals surface area (Å²) in [4.78, 5) is 0. The lowest BCUT2D eigenvalue weighted by Crippen LogP contribution is -2.27. The summed E-state index contributed by atoms with van der Waals surface area (Å²) in [5.74, 6) is 0.705. The molecule has 0 aliphatic rings. The van der Waals surface area contributed by atoms with Crippen LogP contribution in [0.2, 0.25) is 0 Å². The van der Waals surface area contributed by atoms with Crippen molar-refractivity contribution in [2.24, 2.45) is 5.92 Å². The number of hydrogen-bond donors (Lipinski definition) is 1. The van der Waals surface area contributed by atoms with Crippen molar-refractivity contribution in [3.8, 4) is 0 Å². The van der Waals surface area contributed by atoms with Crippen molar-refractivity contribution in [3.05, 3.63) is 48.6 Å². The largest absolute Gasteiger partial charge is 0.306 e. The number of nitrogens with one attached hydrogen (secondary N) is 1. The molecule has 1 aromatic carbocycles. The molecule has 0 aliphatic heterocycles. The zero-order chi connectivity index (χ0) is 11.1. The van der Waals surface area contributed by atoms with E-state index in [4.69, 9.17) is 0 Å². The monoisotopic (exact) mass is 203 g/mol. The van der Waals surface area contributed by atoms with Crippen molar-refractivity contribution >= 4 is 0 Å². The summed E-state index contributed by atoms with van der Waals surface area (Å²) in [5, 5.41) is 3.50. The second-order valence-electron chi connectivity index (χ2n) is 4.34. The van der Waals surface area contributed by atoms with Gasteiger partial charge in [0.2, 0.25) is 0 Å². The standard InChI is InChI=1S/C14H21N/c1-4-14(10-12(2)3)15-11-13-8-6-5-7-9-13/h4-9,12,14-15H,1,10-11H2,2-3H3/t14-/m1/s1. The molecule has 1 heteroatoms. The van der Waals surface area contributed by atoms with Gasteiger partial charge in [-0.05, 0) is 17.9 Å². The molecule has 1 atom stereocenters. The first-order chi connectivity index (χ1) is 7.22. The Bertz CT molecular complexity index is 277.